The number of rotatable bonds is 8. The van der Waals surface area contributed by atoms with Crippen LogP contribution in [0.2, 0.25) is 0 Å². The first kappa shape index (κ1) is 19.7. The summed E-state index contributed by atoms with van der Waals surface area (Å²) in [5.41, 5.74) is 1.19. The summed E-state index contributed by atoms with van der Waals surface area (Å²) in [7, 11) is 1.59. The number of thiocarbonyl (C=S) groups is 1. The molecule has 1 amide bonds. The van der Waals surface area contributed by atoms with Gasteiger partial charge in [0.25, 0.3) is 5.91 Å². The number of para-hydroxylation sites is 1. The van der Waals surface area contributed by atoms with Crippen molar-refractivity contribution in [2.45, 2.75) is 26.2 Å². The molecule has 0 aliphatic heterocycles. The highest BCUT2D eigenvalue weighted by Crippen LogP contribution is 2.19. The number of methoxy groups -OCH3 is 1. The largest absolute Gasteiger partial charge is 0.497 e. The van der Waals surface area contributed by atoms with E-state index in [9.17, 15) is 4.79 Å². The number of hydrogen-bond acceptors (Lipinski definition) is 4. The number of hydrogen-bond donors (Lipinski definition) is 2. The topological polar surface area (TPSA) is 59.6 Å². The molecule has 26 heavy (non-hydrogen) atoms. The average molecular weight is 372 g/mol. The normalized spacial score (nSPS) is 10.1. The minimum atomic E-state index is -0.309. The summed E-state index contributed by atoms with van der Waals surface area (Å²) >= 11 is 5.23. The Morgan fingerprint density at radius 2 is 1.92 bits per heavy atom. The molecule has 2 aromatic rings. The van der Waals surface area contributed by atoms with E-state index in [2.05, 4.69) is 17.6 Å². The van der Waals surface area contributed by atoms with Crippen molar-refractivity contribution in [2.75, 3.05) is 19.0 Å². The number of amides is 1. The molecule has 2 aromatic carbocycles. The van der Waals surface area contributed by atoms with Crippen molar-refractivity contribution >= 4 is 28.9 Å². The van der Waals surface area contributed by atoms with Gasteiger partial charge >= 0.3 is 0 Å². The maximum atomic E-state index is 12.5. The van der Waals surface area contributed by atoms with Crippen LogP contribution in [-0.2, 0) is 0 Å². The van der Waals surface area contributed by atoms with Crippen molar-refractivity contribution in [1.82, 2.24) is 5.32 Å². The van der Waals surface area contributed by atoms with Gasteiger partial charge in [-0.15, -0.1) is 0 Å². The lowest BCUT2D eigenvalue weighted by Gasteiger charge is -2.13. The van der Waals surface area contributed by atoms with Crippen LogP contribution in [0.15, 0.2) is 48.5 Å². The molecular formula is C20H24N2O3S. The van der Waals surface area contributed by atoms with Crippen LogP contribution in [0.4, 0.5) is 5.69 Å². The SMILES string of the molecule is CCCCCOc1ccccc1C(=O)NC(=S)Nc1cccc(OC)c1. The van der Waals surface area contributed by atoms with Gasteiger partial charge in [-0.25, -0.2) is 0 Å². The first-order chi connectivity index (χ1) is 12.6. The summed E-state index contributed by atoms with van der Waals surface area (Å²) < 4.78 is 10.9. The third-order valence-electron chi connectivity index (χ3n) is 3.69. The van der Waals surface area contributed by atoms with Crippen LogP contribution < -0.4 is 20.1 Å². The summed E-state index contributed by atoms with van der Waals surface area (Å²) in [6.07, 6.45) is 3.18. The van der Waals surface area contributed by atoms with E-state index in [1.54, 1.807) is 31.4 Å². The van der Waals surface area contributed by atoms with Crippen LogP contribution >= 0.6 is 12.2 Å². The van der Waals surface area contributed by atoms with Gasteiger partial charge in [0.15, 0.2) is 5.11 Å². The van der Waals surface area contributed by atoms with Crippen molar-refractivity contribution in [3.63, 3.8) is 0 Å². The van der Waals surface area contributed by atoms with Gasteiger partial charge in [-0.3, -0.25) is 10.1 Å². The quantitative estimate of drug-likeness (QED) is 0.532. The third kappa shape index (κ3) is 6.04. The molecule has 0 aliphatic carbocycles. The molecule has 0 radical (unpaired) electrons. The highest BCUT2D eigenvalue weighted by Gasteiger charge is 2.13. The average Bonchev–Trinajstić information content (AvgIpc) is 2.65. The van der Waals surface area contributed by atoms with Crippen molar-refractivity contribution in [3.8, 4) is 11.5 Å². The van der Waals surface area contributed by atoms with Crippen molar-refractivity contribution in [3.05, 3.63) is 54.1 Å². The summed E-state index contributed by atoms with van der Waals surface area (Å²) in [5, 5.41) is 5.87. The molecule has 0 fully saturated rings. The molecule has 2 rings (SSSR count). The molecule has 0 heterocycles. The van der Waals surface area contributed by atoms with Gasteiger partial charge in [0.2, 0.25) is 0 Å². The highest BCUT2D eigenvalue weighted by atomic mass is 32.1. The Hall–Kier alpha value is -2.60. The molecular weight excluding hydrogens is 348 g/mol. The van der Waals surface area contributed by atoms with Crippen LogP contribution in [-0.4, -0.2) is 24.7 Å². The Kier molecular flexibility index (Phi) is 7.89. The zero-order valence-electron chi connectivity index (χ0n) is 15.1. The lowest BCUT2D eigenvalue weighted by molar-refractivity contribution is 0.0973. The Morgan fingerprint density at radius 1 is 1.12 bits per heavy atom. The van der Waals surface area contributed by atoms with E-state index in [0.717, 1.165) is 24.9 Å². The molecule has 0 spiro atoms. The maximum Gasteiger partial charge on any atom is 0.261 e. The van der Waals surface area contributed by atoms with Crippen molar-refractivity contribution in [1.29, 1.82) is 0 Å². The van der Waals surface area contributed by atoms with E-state index in [4.69, 9.17) is 21.7 Å². The number of ether oxygens (including phenoxy) is 2. The van der Waals surface area contributed by atoms with Gasteiger partial charge in [0.1, 0.15) is 11.5 Å². The number of carbonyl (C=O) groups is 1. The van der Waals surface area contributed by atoms with Crippen LogP contribution in [0, 0.1) is 0 Å². The van der Waals surface area contributed by atoms with Gasteiger partial charge in [0, 0.05) is 11.8 Å². The van der Waals surface area contributed by atoms with Crippen LogP contribution in [0.25, 0.3) is 0 Å². The monoisotopic (exact) mass is 372 g/mol. The van der Waals surface area contributed by atoms with E-state index < -0.39 is 0 Å². The van der Waals surface area contributed by atoms with Crippen molar-refractivity contribution in [2.24, 2.45) is 0 Å². The zero-order chi connectivity index (χ0) is 18.8. The maximum absolute atomic E-state index is 12.5. The molecule has 0 atom stereocenters. The smallest absolute Gasteiger partial charge is 0.261 e. The third-order valence-corrected chi connectivity index (χ3v) is 3.90. The molecule has 0 saturated heterocycles. The highest BCUT2D eigenvalue weighted by molar-refractivity contribution is 7.80. The van der Waals surface area contributed by atoms with Gasteiger partial charge in [-0.2, -0.15) is 0 Å². The molecule has 0 unspecified atom stereocenters. The first-order valence-corrected chi connectivity index (χ1v) is 9.03. The van der Waals surface area contributed by atoms with E-state index in [0.29, 0.717) is 23.7 Å². The Morgan fingerprint density at radius 3 is 2.69 bits per heavy atom. The predicted molar refractivity (Wildman–Crippen MR) is 108 cm³/mol. The molecule has 0 bridgehead atoms. The fraction of sp³-hybridized carbons (Fsp3) is 0.300. The van der Waals surface area contributed by atoms with Gasteiger partial charge in [-0.05, 0) is 42.9 Å². The molecule has 2 N–H and O–H groups in total. The Bertz CT molecular complexity index is 749. The van der Waals surface area contributed by atoms with Crippen molar-refractivity contribution < 1.29 is 14.3 Å². The van der Waals surface area contributed by atoms with E-state index in [1.165, 1.54) is 0 Å². The lowest BCUT2D eigenvalue weighted by atomic mass is 10.2. The minimum absolute atomic E-state index is 0.212. The summed E-state index contributed by atoms with van der Waals surface area (Å²) in [6, 6.07) is 14.5. The molecule has 138 valence electrons. The number of anilines is 1. The predicted octanol–water partition coefficient (Wildman–Crippen LogP) is 4.39. The van der Waals surface area contributed by atoms with Gasteiger partial charge in [0.05, 0.1) is 19.3 Å². The lowest BCUT2D eigenvalue weighted by Crippen LogP contribution is -2.34. The minimum Gasteiger partial charge on any atom is -0.497 e. The number of carbonyl (C=O) groups excluding carboxylic acids is 1. The van der Waals surface area contributed by atoms with Crippen LogP contribution in [0.3, 0.4) is 0 Å². The van der Waals surface area contributed by atoms with E-state index in [1.807, 2.05) is 24.3 Å². The summed E-state index contributed by atoms with van der Waals surface area (Å²) in [6.45, 7) is 2.72. The summed E-state index contributed by atoms with van der Waals surface area (Å²) in [4.78, 5) is 12.5. The fourth-order valence-corrected chi connectivity index (χ4v) is 2.56. The van der Waals surface area contributed by atoms with E-state index in [-0.39, 0.29) is 11.0 Å². The molecule has 5 nitrogen and oxygen atoms in total. The number of benzene rings is 2. The van der Waals surface area contributed by atoms with Crippen LogP contribution in [0.1, 0.15) is 36.5 Å². The molecule has 0 saturated carbocycles. The Balaban J connectivity index is 1.97. The number of unbranched alkanes of at least 4 members (excludes halogenated alkanes) is 2. The van der Waals surface area contributed by atoms with Crippen LogP contribution in [0.5, 0.6) is 11.5 Å². The molecule has 6 heteroatoms. The van der Waals surface area contributed by atoms with Gasteiger partial charge < -0.3 is 14.8 Å². The Labute approximate surface area is 159 Å². The van der Waals surface area contributed by atoms with E-state index >= 15 is 0 Å². The van der Waals surface area contributed by atoms with Gasteiger partial charge in [-0.1, -0.05) is 38.0 Å². The molecule has 0 aliphatic rings. The first-order valence-electron chi connectivity index (χ1n) is 8.62. The fourth-order valence-electron chi connectivity index (χ4n) is 2.35. The number of nitrogens with one attached hydrogen (secondary N) is 2. The summed E-state index contributed by atoms with van der Waals surface area (Å²) in [5.74, 6) is 0.955. The zero-order valence-corrected chi connectivity index (χ0v) is 15.9. The standard InChI is InChI=1S/C20H24N2O3S/c1-3-4-7-13-25-18-12-6-5-11-17(18)19(23)22-20(26)21-15-9-8-10-16(14-15)24-2/h5-6,8-12,14H,3-4,7,13H2,1-2H3,(H2,21,22,23,26). The second kappa shape index (κ2) is 10.4. The second-order valence-corrected chi connectivity index (χ2v) is 6.10. The molecule has 0 aromatic heterocycles. The second-order valence-electron chi connectivity index (χ2n) is 5.69.